The quantitative estimate of drug-likeness (QED) is 0.269. The molecule has 8 nitrogen and oxygen atoms in total. The van der Waals surface area contributed by atoms with Gasteiger partial charge in [-0.15, -0.1) is 0 Å². The Labute approximate surface area is 231 Å². The summed E-state index contributed by atoms with van der Waals surface area (Å²) in [6.45, 7) is 7.41. The van der Waals surface area contributed by atoms with E-state index in [9.17, 15) is 24.5 Å². The molecular weight excluding hydrogens is 506 g/mol. The third kappa shape index (κ3) is 3.48. The highest BCUT2D eigenvalue weighted by molar-refractivity contribution is 6.17. The summed E-state index contributed by atoms with van der Waals surface area (Å²) in [5.41, 5.74) is 1.52. The summed E-state index contributed by atoms with van der Waals surface area (Å²) in [5.74, 6) is -2.17. The van der Waals surface area contributed by atoms with Crippen molar-refractivity contribution in [1.29, 1.82) is 0 Å². The smallest absolute Gasteiger partial charge is 0.270 e. The second-order valence-corrected chi connectivity index (χ2v) is 11.9. The number of carbonyl (C=O) groups is 3. The number of nitrogens with one attached hydrogen (secondary N) is 1. The molecule has 0 aromatic heterocycles. The first-order valence-electron chi connectivity index (χ1n) is 13.3. The number of nitrogens with zero attached hydrogens (tertiary/aromatic N) is 2. The van der Waals surface area contributed by atoms with Crippen LogP contribution in [0, 0.1) is 28.4 Å². The average molecular weight is 536 g/mol. The maximum atomic E-state index is 14.7. The van der Waals surface area contributed by atoms with Crippen LogP contribution in [0.15, 0.2) is 72.8 Å². The molecule has 1 saturated heterocycles. The molecule has 3 heterocycles. The first kappa shape index (κ1) is 25.7. The third-order valence-corrected chi connectivity index (χ3v) is 8.42. The zero-order chi connectivity index (χ0) is 28.6. The van der Waals surface area contributed by atoms with Gasteiger partial charge >= 0.3 is 0 Å². The van der Waals surface area contributed by atoms with Crippen LogP contribution >= 0.6 is 0 Å². The molecule has 1 spiro atoms. The van der Waals surface area contributed by atoms with Crippen molar-refractivity contribution < 1.29 is 19.3 Å². The minimum Gasteiger partial charge on any atom is -0.352 e. The number of ketones is 2. The molecule has 0 aliphatic carbocycles. The van der Waals surface area contributed by atoms with Crippen LogP contribution in [-0.2, 0) is 15.0 Å². The first-order valence-corrected chi connectivity index (χ1v) is 13.3. The van der Waals surface area contributed by atoms with Crippen molar-refractivity contribution in [3.05, 3.63) is 105 Å². The van der Waals surface area contributed by atoms with E-state index in [4.69, 9.17) is 0 Å². The molecule has 8 heteroatoms. The van der Waals surface area contributed by atoms with Gasteiger partial charge in [0.05, 0.1) is 16.9 Å². The molecule has 3 aromatic carbocycles. The van der Waals surface area contributed by atoms with E-state index in [1.165, 1.54) is 24.3 Å². The van der Waals surface area contributed by atoms with Gasteiger partial charge in [-0.3, -0.25) is 24.5 Å². The molecule has 3 aromatic rings. The summed E-state index contributed by atoms with van der Waals surface area (Å²) in [5, 5.41) is 14.6. The van der Waals surface area contributed by atoms with Gasteiger partial charge in [0.15, 0.2) is 11.6 Å². The Bertz CT molecular complexity index is 1650. The van der Waals surface area contributed by atoms with Crippen molar-refractivity contribution in [3.8, 4) is 0 Å². The van der Waals surface area contributed by atoms with Crippen LogP contribution in [0.3, 0.4) is 0 Å². The second kappa shape index (κ2) is 8.71. The zero-order valence-corrected chi connectivity index (χ0v) is 22.7. The number of rotatable bonds is 4. The van der Waals surface area contributed by atoms with Gasteiger partial charge in [0.25, 0.3) is 5.69 Å². The van der Waals surface area contributed by atoms with E-state index < -0.39 is 39.5 Å². The Hall–Kier alpha value is -4.59. The van der Waals surface area contributed by atoms with Crippen molar-refractivity contribution in [3.63, 3.8) is 0 Å². The fourth-order valence-corrected chi connectivity index (χ4v) is 6.69. The topological polar surface area (TPSA) is 110 Å². The van der Waals surface area contributed by atoms with E-state index >= 15 is 0 Å². The molecule has 6 rings (SSSR count). The third-order valence-electron chi connectivity index (χ3n) is 8.42. The van der Waals surface area contributed by atoms with Crippen LogP contribution in [0.4, 0.5) is 17.1 Å². The summed E-state index contributed by atoms with van der Waals surface area (Å²) in [6.07, 6.45) is 3.88. The van der Waals surface area contributed by atoms with Crippen LogP contribution in [0.1, 0.15) is 47.8 Å². The van der Waals surface area contributed by atoms with Gasteiger partial charge in [0.2, 0.25) is 5.91 Å². The average Bonchev–Trinajstić information content (AvgIpc) is 3.39. The summed E-state index contributed by atoms with van der Waals surface area (Å²) < 4.78 is 0. The normalized spacial score (nSPS) is 24.4. The Morgan fingerprint density at radius 1 is 1.02 bits per heavy atom. The number of Topliss-reactive ketones (excluding diaryl/α,β-unsaturated/α-hetero) is 2. The van der Waals surface area contributed by atoms with Gasteiger partial charge in [0, 0.05) is 34.5 Å². The number of anilines is 2. The van der Waals surface area contributed by atoms with Crippen molar-refractivity contribution >= 4 is 40.6 Å². The Morgan fingerprint density at radius 2 is 1.77 bits per heavy atom. The number of non-ortho nitro benzene ring substituents is 1. The molecule has 0 unspecified atom stereocenters. The molecule has 202 valence electrons. The number of hydrogen-bond acceptors (Lipinski definition) is 6. The molecule has 0 bridgehead atoms. The van der Waals surface area contributed by atoms with E-state index in [0.717, 1.165) is 16.8 Å². The largest absolute Gasteiger partial charge is 0.352 e. The fourth-order valence-electron chi connectivity index (χ4n) is 6.69. The van der Waals surface area contributed by atoms with E-state index in [0.29, 0.717) is 11.3 Å². The van der Waals surface area contributed by atoms with E-state index in [1.54, 1.807) is 6.07 Å². The van der Waals surface area contributed by atoms with Gasteiger partial charge in [-0.25, -0.2) is 0 Å². The highest BCUT2D eigenvalue weighted by atomic mass is 16.6. The van der Waals surface area contributed by atoms with Crippen LogP contribution in [-0.4, -0.2) is 34.5 Å². The Kier molecular flexibility index (Phi) is 5.59. The van der Waals surface area contributed by atoms with Crippen molar-refractivity contribution in [2.45, 2.75) is 45.2 Å². The molecule has 1 fully saturated rings. The van der Waals surface area contributed by atoms with E-state index in [1.807, 2.05) is 81.1 Å². The number of carbonyl (C=O) groups excluding carboxylic acids is 3. The lowest BCUT2D eigenvalue weighted by Gasteiger charge is -2.38. The van der Waals surface area contributed by atoms with Gasteiger partial charge in [-0.05, 0) is 36.2 Å². The summed E-state index contributed by atoms with van der Waals surface area (Å²) in [7, 11) is 0. The highest BCUT2D eigenvalue weighted by Crippen LogP contribution is 2.58. The number of amides is 1. The molecular formula is C32H29N3O5. The molecule has 4 atom stereocenters. The molecule has 40 heavy (non-hydrogen) atoms. The minimum absolute atomic E-state index is 0.0930. The van der Waals surface area contributed by atoms with E-state index in [2.05, 4.69) is 5.32 Å². The molecule has 0 saturated carbocycles. The Balaban J connectivity index is 1.68. The van der Waals surface area contributed by atoms with Gasteiger partial charge in [-0.2, -0.15) is 0 Å². The standard InChI is InChI=1S/C32H29N3O5/c1-18-12-14-24-19(16-18)13-15-25-32(22-10-5-6-11-23(22)33-30(32)38)26(27(34(24)25)29(37)31(2,3)4)28(36)20-8-7-9-21(17-20)35(39)40/h5-17,25-27H,1-4H3,(H,33,38)/t25-,26+,27-,32-/m0/s1. The van der Waals surface area contributed by atoms with Crippen molar-refractivity contribution in [2.24, 2.45) is 11.3 Å². The molecule has 1 amide bonds. The summed E-state index contributed by atoms with van der Waals surface area (Å²) in [6, 6.07) is 17.1. The summed E-state index contributed by atoms with van der Waals surface area (Å²) in [4.78, 5) is 56.4. The maximum absolute atomic E-state index is 14.7. The molecule has 1 N–H and O–H groups in total. The lowest BCUT2D eigenvalue weighted by molar-refractivity contribution is -0.384. The van der Waals surface area contributed by atoms with E-state index in [-0.39, 0.29) is 22.9 Å². The maximum Gasteiger partial charge on any atom is 0.270 e. The summed E-state index contributed by atoms with van der Waals surface area (Å²) >= 11 is 0. The van der Waals surface area contributed by atoms with Gasteiger partial charge in [0.1, 0.15) is 11.5 Å². The van der Waals surface area contributed by atoms with Gasteiger partial charge < -0.3 is 10.2 Å². The number of nitro groups is 1. The Morgan fingerprint density at radius 3 is 2.50 bits per heavy atom. The second-order valence-electron chi connectivity index (χ2n) is 11.9. The SMILES string of the molecule is Cc1ccc2c(c1)C=C[C@@H]1N2[C@H](C(=O)C(C)(C)C)[C@H](C(=O)c2cccc([N+](=O)[O-])c2)[C@@]12C(=O)Nc1ccccc12. The zero-order valence-electron chi connectivity index (χ0n) is 22.7. The first-order chi connectivity index (χ1) is 19.0. The lowest BCUT2D eigenvalue weighted by Crippen LogP contribution is -2.51. The number of benzene rings is 3. The van der Waals surface area contributed by atoms with Crippen LogP contribution in [0.5, 0.6) is 0 Å². The number of aryl methyl sites for hydroxylation is 1. The lowest BCUT2D eigenvalue weighted by atomic mass is 9.63. The fraction of sp³-hybridized carbons (Fsp3) is 0.281. The van der Waals surface area contributed by atoms with Crippen LogP contribution in [0.25, 0.3) is 6.08 Å². The molecule has 3 aliphatic heterocycles. The van der Waals surface area contributed by atoms with Crippen molar-refractivity contribution in [1.82, 2.24) is 0 Å². The van der Waals surface area contributed by atoms with Crippen molar-refractivity contribution in [2.75, 3.05) is 10.2 Å². The number of nitro benzene ring substituents is 1. The number of fused-ring (bicyclic) bond motifs is 6. The number of para-hydroxylation sites is 1. The minimum atomic E-state index is -1.44. The molecule has 3 aliphatic rings. The predicted octanol–water partition coefficient (Wildman–Crippen LogP) is 5.49. The highest BCUT2D eigenvalue weighted by Gasteiger charge is 2.70. The van der Waals surface area contributed by atoms with Gasteiger partial charge in [-0.1, -0.05) is 74.9 Å². The van der Waals surface area contributed by atoms with Crippen LogP contribution in [0.2, 0.25) is 0 Å². The predicted molar refractivity (Wildman–Crippen MR) is 152 cm³/mol. The molecule has 0 radical (unpaired) electrons. The number of hydrogen-bond donors (Lipinski definition) is 1. The van der Waals surface area contributed by atoms with Crippen LogP contribution < -0.4 is 10.2 Å². The monoisotopic (exact) mass is 535 g/mol.